The lowest BCUT2D eigenvalue weighted by Gasteiger charge is -2.19. The average Bonchev–Trinajstić information content (AvgIpc) is 2.62. The normalized spacial score (nSPS) is 13.4. The van der Waals surface area contributed by atoms with Crippen molar-refractivity contribution in [1.29, 1.82) is 0 Å². The summed E-state index contributed by atoms with van der Waals surface area (Å²) in [6.07, 6.45) is 0. The zero-order valence-corrected chi connectivity index (χ0v) is 19.7. The average molecular weight is 435 g/mol. The fraction of sp³-hybridized carbons (Fsp3) is 0.409. The van der Waals surface area contributed by atoms with Crippen molar-refractivity contribution < 1.29 is 13.2 Å². The number of nitrogens with zero attached hydrogens (tertiary/aromatic N) is 1. The van der Waals surface area contributed by atoms with Gasteiger partial charge < -0.3 is 5.32 Å². The highest BCUT2D eigenvalue weighted by atomic mass is 32.2. The molecule has 1 N–H and O–H groups in total. The number of anilines is 1. The van der Waals surface area contributed by atoms with Crippen molar-refractivity contribution in [2.75, 3.05) is 19.4 Å². The number of benzene rings is 2. The maximum Gasteiger partial charge on any atom is 0.242 e. The predicted octanol–water partition coefficient (Wildman–Crippen LogP) is 4.66. The molecule has 5 nitrogen and oxygen atoms in total. The molecule has 0 radical (unpaired) electrons. The second-order valence-corrected chi connectivity index (χ2v) is 11.9. The topological polar surface area (TPSA) is 66.5 Å². The number of hydrogen-bond donors (Lipinski definition) is 1. The summed E-state index contributed by atoms with van der Waals surface area (Å²) >= 11 is 1.47. The number of thioether (sulfide) groups is 1. The molecule has 29 heavy (non-hydrogen) atoms. The molecular formula is C22H30N2O3S2. The van der Waals surface area contributed by atoms with Crippen LogP contribution in [0.2, 0.25) is 0 Å². The van der Waals surface area contributed by atoms with Crippen molar-refractivity contribution in [1.82, 2.24) is 4.31 Å². The van der Waals surface area contributed by atoms with Gasteiger partial charge >= 0.3 is 0 Å². The van der Waals surface area contributed by atoms with Crippen molar-refractivity contribution in [3.05, 3.63) is 53.6 Å². The van der Waals surface area contributed by atoms with Crippen LogP contribution >= 0.6 is 11.8 Å². The molecule has 0 aromatic heterocycles. The second kappa shape index (κ2) is 8.90. The Morgan fingerprint density at radius 2 is 1.66 bits per heavy atom. The van der Waals surface area contributed by atoms with Gasteiger partial charge in [-0.3, -0.25) is 4.79 Å². The number of carbonyl (C=O) groups is 1. The molecule has 0 unspecified atom stereocenters. The molecule has 0 bridgehead atoms. The van der Waals surface area contributed by atoms with E-state index >= 15 is 0 Å². The van der Waals surface area contributed by atoms with Crippen LogP contribution in [0.5, 0.6) is 0 Å². The van der Waals surface area contributed by atoms with Crippen LogP contribution in [0.4, 0.5) is 5.69 Å². The van der Waals surface area contributed by atoms with Crippen LogP contribution in [0.3, 0.4) is 0 Å². The summed E-state index contributed by atoms with van der Waals surface area (Å²) in [4.78, 5) is 13.9. The maximum atomic E-state index is 12.7. The van der Waals surface area contributed by atoms with E-state index in [-0.39, 0.29) is 21.5 Å². The van der Waals surface area contributed by atoms with E-state index < -0.39 is 10.0 Å². The molecule has 0 saturated carbocycles. The molecule has 0 aliphatic rings. The molecule has 2 aromatic rings. The highest BCUT2D eigenvalue weighted by Crippen LogP contribution is 2.29. The smallest absolute Gasteiger partial charge is 0.242 e. The summed E-state index contributed by atoms with van der Waals surface area (Å²) < 4.78 is 25.9. The van der Waals surface area contributed by atoms with Crippen LogP contribution in [0.25, 0.3) is 0 Å². The molecule has 0 saturated heterocycles. The number of nitrogens with one attached hydrogen (secondary N) is 1. The molecule has 0 aliphatic carbocycles. The third-order valence-corrected chi connectivity index (χ3v) is 7.57. The fourth-order valence-electron chi connectivity index (χ4n) is 2.63. The highest BCUT2D eigenvalue weighted by Gasteiger charge is 2.21. The van der Waals surface area contributed by atoms with Gasteiger partial charge in [-0.2, -0.15) is 0 Å². The van der Waals surface area contributed by atoms with Gasteiger partial charge in [0.05, 0.1) is 10.1 Å². The van der Waals surface area contributed by atoms with Gasteiger partial charge in [-0.25, -0.2) is 12.7 Å². The third kappa shape index (κ3) is 5.84. The van der Waals surface area contributed by atoms with Gasteiger partial charge in [0, 0.05) is 24.7 Å². The van der Waals surface area contributed by atoms with Crippen LogP contribution in [0.1, 0.15) is 38.8 Å². The zero-order valence-electron chi connectivity index (χ0n) is 18.1. The van der Waals surface area contributed by atoms with Gasteiger partial charge in [0.2, 0.25) is 15.9 Å². The van der Waals surface area contributed by atoms with E-state index in [4.69, 9.17) is 0 Å². The van der Waals surface area contributed by atoms with E-state index in [2.05, 4.69) is 38.2 Å². The Morgan fingerprint density at radius 3 is 2.17 bits per heavy atom. The van der Waals surface area contributed by atoms with Gasteiger partial charge in [-0.05, 0) is 54.7 Å². The predicted molar refractivity (Wildman–Crippen MR) is 121 cm³/mol. The summed E-state index contributed by atoms with van der Waals surface area (Å²) in [6, 6.07) is 13.0. The Kier molecular flexibility index (Phi) is 7.19. The lowest BCUT2D eigenvalue weighted by Crippen LogP contribution is -2.24. The van der Waals surface area contributed by atoms with Crippen molar-refractivity contribution >= 4 is 33.4 Å². The van der Waals surface area contributed by atoms with E-state index in [9.17, 15) is 13.2 Å². The van der Waals surface area contributed by atoms with Gasteiger partial charge in [0.1, 0.15) is 0 Å². The molecule has 0 aliphatic heterocycles. The number of hydrogen-bond acceptors (Lipinski definition) is 4. The summed E-state index contributed by atoms with van der Waals surface area (Å²) in [5.41, 5.74) is 2.64. The van der Waals surface area contributed by atoms with Gasteiger partial charge in [0.15, 0.2) is 0 Å². The van der Waals surface area contributed by atoms with Crippen LogP contribution in [0, 0.1) is 6.92 Å². The minimum atomic E-state index is -3.56. The van der Waals surface area contributed by atoms with E-state index in [0.717, 1.165) is 14.8 Å². The molecule has 2 rings (SSSR count). The standard InChI is InChI=1S/C22H30N2O3S2/c1-15-8-13-19(29(26,27)24(6)7)14-20(15)23-21(25)16(2)28-18-11-9-17(10-12-18)22(3,4)5/h8-14,16H,1-7H3,(H,23,25)/t16-/m0/s1. The number of rotatable bonds is 6. The number of sulfonamides is 1. The van der Waals surface area contributed by atoms with Crippen molar-refractivity contribution in [2.24, 2.45) is 0 Å². The Bertz CT molecular complexity index is 976. The van der Waals surface area contributed by atoms with Crippen LogP contribution in [0.15, 0.2) is 52.3 Å². The lowest BCUT2D eigenvalue weighted by molar-refractivity contribution is -0.115. The Balaban J connectivity index is 2.13. The van der Waals surface area contributed by atoms with Gasteiger partial charge in [-0.15, -0.1) is 11.8 Å². The Labute approximate surface area is 178 Å². The first-order valence-electron chi connectivity index (χ1n) is 9.43. The summed E-state index contributed by atoms with van der Waals surface area (Å²) in [7, 11) is -0.594. The number of amides is 1. The van der Waals surface area contributed by atoms with Crippen molar-refractivity contribution in [2.45, 2.75) is 55.1 Å². The van der Waals surface area contributed by atoms with E-state index in [1.807, 2.05) is 26.0 Å². The zero-order chi connectivity index (χ0) is 22.0. The fourth-order valence-corrected chi connectivity index (χ4v) is 4.43. The SMILES string of the molecule is Cc1ccc(S(=O)(=O)N(C)C)cc1NC(=O)[C@H](C)Sc1ccc(C(C)(C)C)cc1. The molecule has 1 atom stereocenters. The lowest BCUT2D eigenvalue weighted by atomic mass is 9.87. The minimum absolute atomic E-state index is 0.0849. The van der Waals surface area contributed by atoms with Crippen molar-refractivity contribution in [3.63, 3.8) is 0 Å². The van der Waals surface area contributed by atoms with Crippen LogP contribution in [-0.2, 0) is 20.2 Å². The molecule has 0 spiro atoms. The van der Waals surface area contributed by atoms with Crippen molar-refractivity contribution in [3.8, 4) is 0 Å². The molecule has 0 fully saturated rings. The van der Waals surface area contributed by atoms with Gasteiger partial charge in [0.25, 0.3) is 0 Å². The van der Waals surface area contributed by atoms with Crippen LogP contribution in [-0.4, -0.2) is 38.0 Å². The Morgan fingerprint density at radius 1 is 1.07 bits per heavy atom. The number of carbonyl (C=O) groups excluding carboxylic acids is 1. The molecule has 158 valence electrons. The van der Waals surface area contributed by atoms with E-state index in [0.29, 0.717) is 5.69 Å². The quantitative estimate of drug-likeness (QED) is 0.672. The highest BCUT2D eigenvalue weighted by molar-refractivity contribution is 8.00. The number of aryl methyl sites for hydroxylation is 1. The van der Waals surface area contributed by atoms with E-state index in [1.165, 1.54) is 37.5 Å². The van der Waals surface area contributed by atoms with Gasteiger partial charge in [-0.1, -0.05) is 39.0 Å². The second-order valence-electron chi connectivity index (χ2n) is 8.29. The minimum Gasteiger partial charge on any atom is -0.325 e. The summed E-state index contributed by atoms with van der Waals surface area (Å²) in [5.74, 6) is -0.169. The molecular weight excluding hydrogens is 404 g/mol. The summed E-state index contributed by atoms with van der Waals surface area (Å²) in [6.45, 7) is 10.2. The molecule has 7 heteroatoms. The first kappa shape index (κ1) is 23.4. The monoisotopic (exact) mass is 434 g/mol. The largest absolute Gasteiger partial charge is 0.325 e. The first-order valence-corrected chi connectivity index (χ1v) is 11.8. The first-order chi connectivity index (χ1) is 13.3. The molecule has 2 aromatic carbocycles. The van der Waals surface area contributed by atoms with Crippen LogP contribution < -0.4 is 5.32 Å². The molecule has 1 amide bonds. The Hall–Kier alpha value is -1.83. The summed E-state index contributed by atoms with van der Waals surface area (Å²) in [5, 5.41) is 2.54. The third-order valence-electron chi connectivity index (χ3n) is 4.65. The maximum absolute atomic E-state index is 12.7. The van der Waals surface area contributed by atoms with E-state index in [1.54, 1.807) is 12.1 Å². The molecule has 0 heterocycles.